The number of hydrogen-bond acceptors (Lipinski definition) is 9. The number of ether oxygens (including phenoxy) is 2. The molecule has 11 nitrogen and oxygen atoms in total. The van der Waals surface area contributed by atoms with Crippen LogP contribution in [0, 0.1) is 11.3 Å². The number of nitriles is 1. The zero-order valence-corrected chi connectivity index (χ0v) is 23.0. The van der Waals surface area contributed by atoms with Crippen LogP contribution in [0.3, 0.4) is 0 Å². The highest BCUT2D eigenvalue weighted by Gasteiger charge is 2.28. The van der Waals surface area contributed by atoms with Crippen molar-refractivity contribution in [2.75, 3.05) is 55.0 Å². The summed E-state index contributed by atoms with van der Waals surface area (Å²) in [5, 5.41) is 15.6. The minimum atomic E-state index is -0.382. The van der Waals surface area contributed by atoms with E-state index in [0.29, 0.717) is 74.1 Å². The number of aromatic nitrogens is 2. The molecule has 4 heterocycles. The molecule has 2 aromatic heterocycles. The molecule has 2 N–H and O–H groups in total. The molecule has 2 aromatic rings. The van der Waals surface area contributed by atoms with Crippen LogP contribution in [0.1, 0.15) is 66.2 Å². The Labute approximate surface area is 234 Å². The Balaban J connectivity index is 1.27. The summed E-state index contributed by atoms with van der Waals surface area (Å²) < 4.78 is 11.4. The lowest BCUT2D eigenvalue weighted by Crippen LogP contribution is -2.43. The average molecular weight is 548 g/mol. The molecule has 0 radical (unpaired) electrons. The number of amides is 2. The van der Waals surface area contributed by atoms with E-state index >= 15 is 0 Å². The minimum Gasteiger partial charge on any atom is -0.382 e. The van der Waals surface area contributed by atoms with Gasteiger partial charge in [-0.25, -0.2) is 14.8 Å². The molecule has 1 atom stereocenters. The number of anilines is 3. The molecule has 0 aromatic carbocycles. The van der Waals surface area contributed by atoms with E-state index < -0.39 is 0 Å². The maximum Gasteiger partial charge on any atom is 0.328 e. The van der Waals surface area contributed by atoms with Crippen LogP contribution in [0.5, 0.6) is 0 Å². The molecule has 5 rings (SSSR count). The zero-order valence-electron chi connectivity index (χ0n) is 23.0. The molecule has 3 aliphatic rings. The number of fused-ring (bicyclic) bond motifs is 1. The van der Waals surface area contributed by atoms with Crippen LogP contribution in [0.4, 0.5) is 22.1 Å². The second kappa shape index (κ2) is 13.2. The van der Waals surface area contributed by atoms with Gasteiger partial charge in [-0.15, -0.1) is 0 Å². The average Bonchev–Trinajstić information content (AvgIpc) is 3.49. The number of pyridine rings is 2. The summed E-state index contributed by atoms with van der Waals surface area (Å²) in [5.74, 6) is 0.824. The summed E-state index contributed by atoms with van der Waals surface area (Å²) in [7, 11) is 0. The van der Waals surface area contributed by atoms with Gasteiger partial charge in [0.25, 0.3) is 0 Å². The maximum atomic E-state index is 13.4. The number of nitrogens with zero attached hydrogens (tertiary/aromatic N) is 5. The van der Waals surface area contributed by atoms with Crippen LogP contribution in [-0.2, 0) is 22.4 Å². The Morgan fingerprint density at radius 2 is 2.12 bits per heavy atom. The van der Waals surface area contributed by atoms with Gasteiger partial charge < -0.3 is 14.8 Å². The van der Waals surface area contributed by atoms with E-state index in [0.717, 1.165) is 49.6 Å². The van der Waals surface area contributed by atoms with Gasteiger partial charge in [-0.3, -0.25) is 19.9 Å². The minimum absolute atomic E-state index is 0.255. The van der Waals surface area contributed by atoms with Crippen molar-refractivity contribution >= 4 is 29.6 Å². The fourth-order valence-corrected chi connectivity index (χ4v) is 5.60. The van der Waals surface area contributed by atoms with Crippen molar-refractivity contribution in [1.82, 2.24) is 14.9 Å². The predicted octanol–water partition coefficient (Wildman–Crippen LogP) is 3.74. The number of carbonyl (C=O) groups is 2. The lowest BCUT2D eigenvalue weighted by molar-refractivity contribution is -0.00448. The first-order valence-corrected chi connectivity index (χ1v) is 14.2. The summed E-state index contributed by atoms with van der Waals surface area (Å²) in [6.45, 7) is 6.42. The van der Waals surface area contributed by atoms with Crippen LogP contribution < -0.4 is 15.5 Å². The molecule has 2 amide bonds. The lowest BCUT2D eigenvalue weighted by Gasteiger charge is -2.34. The monoisotopic (exact) mass is 547 g/mol. The normalized spacial score (nSPS) is 19.6. The third-order valence-corrected chi connectivity index (χ3v) is 7.84. The Hall–Kier alpha value is -3.59. The summed E-state index contributed by atoms with van der Waals surface area (Å²) in [5.41, 5.74) is 3.14. The standard InChI is InChI=1S/C29H37N7O4/c1-20-19-39-12-10-35(20)17-22-13-21-5-4-9-36(28(21)33-26(22)18-37)29(38)34-27-14-25(23(15-30)16-32-27)31-8-11-40-24-6-2-3-7-24/h13-14,16,18,20,24H,2-12,17,19H2,1H3,(H2,31,32,34,38). The Kier molecular flexibility index (Phi) is 9.21. The van der Waals surface area contributed by atoms with Crippen molar-refractivity contribution in [2.45, 2.75) is 64.1 Å². The molecular formula is C29H37N7O4. The van der Waals surface area contributed by atoms with E-state index in [2.05, 4.69) is 38.5 Å². The second-order valence-corrected chi connectivity index (χ2v) is 10.6. The smallest absolute Gasteiger partial charge is 0.328 e. The van der Waals surface area contributed by atoms with E-state index in [1.807, 2.05) is 6.07 Å². The van der Waals surface area contributed by atoms with Crippen LogP contribution >= 0.6 is 0 Å². The number of nitrogens with one attached hydrogen (secondary N) is 2. The van der Waals surface area contributed by atoms with Gasteiger partial charge in [-0.05, 0) is 49.8 Å². The molecule has 2 aliphatic heterocycles. The SMILES string of the molecule is CC1COCCN1Cc1cc2c(nc1C=O)N(C(=O)Nc1cc(NCCOC3CCCC3)c(C#N)cn1)CCC2. The van der Waals surface area contributed by atoms with Crippen LogP contribution in [-0.4, -0.2) is 78.8 Å². The van der Waals surface area contributed by atoms with E-state index in [-0.39, 0.29) is 12.1 Å². The first-order valence-electron chi connectivity index (χ1n) is 14.2. The van der Waals surface area contributed by atoms with Gasteiger partial charge in [0.05, 0.1) is 37.2 Å². The largest absolute Gasteiger partial charge is 0.382 e. The van der Waals surface area contributed by atoms with Crippen molar-refractivity contribution in [3.8, 4) is 6.07 Å². The molecule has 0 bridgehead atoms. The quantitative estimate of drug-likeness (QED) is 0.356. The van der Waals surface area contributed by atoms with Crippen molar-refractivity contribution in [3.63, 3.8) is 0 Å². The number of morpholine rings is 1. The van der Waals surface area contributed by atoms with Crippen molar-refractivity contribution in [1.29, 1.82) is 5.26 Å². The highest BCUT2D eigenvalue weighted by atomic mass is 16.5. The number of hydrogen-bond donors (Lipinski definition) is 2. The first-order chi connectivity index (χ1) is 19.6. The van der Waals surface area contributed by atoms with Crippen LogP contribution in [0.15, 0.2) is 18.3 Å². The molecule has 2 fully saturated rings. The summed E-state index contributed by atoms with van der Waals surface area (Å²) in [6.07, 6.45) is 8.73. The molecule has 40 heavy (non-hydrogen) atoms. The Morgan fingerprint density at radius 1 is 1.27 bits per heavy atom. The highest BCUT2D eigenvalue weighted by molar-refractivity contribution is 6.01. The van der Waals surface area contributed by atoms with E-state index in [9.17, 15) is 14.9 Å². The fourth-order valence-electron chi connectivity index (χ4n) is 5.60. The number of aryl methyl sites for hydroxylation is 1. The van der Waals surface area contributed by atoms with Gasteiger partial charge in [0.15, 0.2) is 6.29 Å². The fraction of sp³-hybridized carbons (Fsp3) is 0.552. The third-order valence-electron chi connectivity index (χ3n) is 7.84. The third kappa shape index (κ3) is 6.58. The number of aldehydes is 1. The van der Waals surface area contributed by atoms with Gasteiger partial charge in [0.1, 0.15) is 23.4 Å². The summed E-state index contributed by atoms with van der Waals surface area (Å²) in [6, 6.07) is 5.69. The molecular weight excluding hydrogens is 510 g/mol. The Bertz CT molecular complexity index is 1260. The van der Waals surface area contributed by atoms with Crippen LogP contribution in [0.25, 0.3) is 0 Å². The number of carbonyl (C=O) groups excluding carboxylic acids is 2. The van der Waals surface area contributed by atoms with E-state index in [1.54, 1.807) is 11.0 Å². The molecule has 1 unspecified atom stereocenters. The molecule has 0 spiro atoms. The second-order valence-electron chi connectivity index (χ2n) is 10.6. The van der Waals surface area contributed by atoms with Gasteiger partial charge >= 0.3 is 6.03 Å². The molecule has 1 saturated heterocycles. The number of urea groups is 1. The predicted molar refractivity (Wildman–Crippen MR) is 151 cm³/mol. The van der Waals surface area contributed by atoms with Crippen molar-refractivity contribution in [2.24, 2.45) is 0 Å². The lowest BCUT2D eigenvalue weighted by atomic mass is 10.0. The molecule has 11 heteroatoms. The molecule has 212 valence electrons. The molecule has 1 aliphatic carbocycles. The van der Waals surface area contributed by atoms with Gasteiger partial charge in [-0.1, -0.05) is 12.8 Å². The van der Waals surface area contributed by atoms with Gasteiger partial charge in [0.2, 0.25) is 0 Å². The maximum absolute atomic E-state index is 13.4. The van der Waals surface area contributed by atoms with Gasteiger partial charge in [-0.2, -0.15) is 5.26 Å². The van der Waals surface area contributed by atoms with Crippen molar-refractivity contribution in [3.05, 3.63) is 40.7 Å². The Morgan fingerprint density at radius 3 is 2.90 bits per heavy atom. The summed E-state index contributed by atoms with van der Waals surface area (Å²) >= 11 is 0. The van der Waals surface area contributed by atoms with E-state index in [4.69, 9.17) is 9.47 Å². The summed E-state index contributed by atoms with van der Waals surface area (Å²) in [4.78, 5) is 38.1. The number of rotatable bonds is 9. The van der Waals surface area contributed by atoms with Crippen LogP contribution in [0.2, 0.25) is 0 Å². The highest BCUT2D eigenvalue weighted by Crippen LogP contribution is 2.29. The molecule has 1 saturated carbocycles. The zero-order chi connectivity index (χ0) is 27.9. The van der Waals surface area contributed by atoms with E-state index in [1.165, 1.54) is 19.0 Å². The topological polar surface area (TPSA) is 133 Å². The first kappa shape index (κ1) is 28.0. The van der Waals surface area contributed by atoms with Gasteiger partial charge in [0, 0.05) is 44.5 Å². The van der Waals surface area contributed by atoms with Crippen molar-refractivity contribution < 1.29 is 19.1 Å².